The Morgan fingerprint density at radius 3 is 2.61 bits per heavy atom. The van der Waals surface area contributed by atoms with Gasteiger partial charge in [0.1, 0.15) is 16.9 Å². The molecule has 0 aliphatic rings. The Labute approximate surface area is 111 Å². The Balaban J connectivity index is 2.52. The number of thioether (sulfide) groups is 1. The van der Waals surface area contributed by atoms with Gasteiger partial charge in [0.25, 0.3) is 0 Å². The van der Waals surface area contributed by atoms with Crippen LogP contribution in [0.5, 0.6) is 0 Å². The fraction of sp³-hybridized carbons (Fsp3) is 0.545. The van der Waals surface area contributed by atoms with Gasteiger partial charge < -0.3 is 16.2 Å². The molecule has 18 heavy (non-hydrogen) atoms. The number of anilines is 2. The summed E-state index contributed by atoms with van der Waals surface area (Å²) in [5.74, 6) is 0.297. The van der Waals surface area contributed by atoms with Crippen LogP contribution in [-0.4, -0.2) is 27.8 Å². The number of hydrogen-bond acceptors (Lipinski definition) is 7. The minimum atomic E-state index is -0.386. The fourth-order valence-electron chi connectivity index (χ4n) is 1.16. The van der Waals surface area contributed by atoms with Crippen molar-refractivity contribution in [2.75, 3.05) is 18.1 Å². The van der Waals surface area contributed by atoms with E-state index >= 15 is 0 Å². The molecule has 0 aromatic carbocycles. The predicted molar refractivity (Wildman–Crippen MR) is 72.0 cm³/mol. The SMILES string of the molecule is CCCCOC(=O)C(C)Sc1nc(N)cc(N)n1. The van der Waals surface area contributed by atoms with E-state index in [2.05, 4.69) is 9.97 Å². The summed E-state index contributed by atoms with van der Waals surface area (Å²) in [6, 6.07) is 1.47. The number of ether oxygens (including phenoxy) is 1. The van der Waals surface area contributed by atoms with Crippen molar-refractivity contribution in [2.45, 2.75) is 37.1 Å². The molecule has 0 saturated heterocycles. The molecule has 6 nitrogen and oxygen atoms in total. The molecule has 1 aromatic rings. The number of esters is 1. The molecule has 1 atom stereocenters. The van der Waals surface area contributed by atoms with Gasteiger partial charge in [-0.1, -0.05) is 25.1 Å². The van der Waals surface area contributed by atoms with E-state index in [9.17, 15) is 4.79 Å². The second kappa shape index (κ2) is 7.05. The number of nitrogen functional groups attached to an aromatic ring is 2. The van der Waals surface area contributed by atoms with Crippen LogP contribution in [0.2, 0.25) is 0 Å². The van der Waals surface area contributed by atoms with Crippen LogP contribution >= 0.6 is 11.8 Å². The summed E-state index contributed by atoms with van der Waals surface area (Å²) in [5, 5.41) is -0.00417. The number of carbonyl (C=O) groups is 1. The highest BCUT2D eigenvalue weighted by molar-refractivity contribution is 8.00. The van der Waals surface area contributed by atoms with Crippen LogP contribution in [0, 0.1) is 0 Å². The zero-order valence-corrected chi connectivity index (χ0v) is 11.4. The predicted octanol–water partition coefficient (Wildman–Crippen LogP) is 1.46. The van der Waals surface area contributed by atoms with E-state index in [-0.39, 0.29) is 22.9 Å². The lowest BCUT2D eigenvalue weighted by Gasteiger charge is -2.10. The molecule has 1 rings (SSSR count). The molecule has 0 spiro atoms. The van der Waals surface area contributed by atoms with E-state index in [1.54, 1.807) is 6.92 Å². The second-order valence-corrected chi connectivity index (χ2v) is 5.09. The molecule has 0 aliphatic carbocycles. The molecule has 0 saturated carbocycles. The van der Waals surface area contributed by atoms with E-state index in [4.69, 9.17) is 16.2 Å². The zero-order chi connectivity index (χ0) is 13.5. The number of nitrogens with two attached hydrogens (primary N) is 2. The average molecular weight is 270 g/mol. The molecule has 7 heteroatoms. The Morgan fingerprint density at radius 2 is 2.06 bits per heavy atom. The highest BCUT2D eigenvalue weighted by Crippen LogP contribution is 2.22. The Morgan fingerprint density at radius 1 is 1.44 bits per heavy atom. The van der Waals surface area contributed by atoms with Gasteiger partial charge in [-0.05, 0) is 13.3 Å². The number of nitrogens with zero attached hydrogens (tertiary/aromatic N) is 2. The minimum Gasteiger partial charge on any atom is -0.465 e. The Kier molecular flexibility index (Phi) is 5.70. The molecule has 0 aliphatic heterocycles. The molecule has 0 fully saturated rings. The van der Waals surface area contributed by atoms with Gasteiger partial charge >= 0.3 is 5.97 Å². The third-order valence-corrected chi connectivity index (χ3v) is 3.04. The van der Waals surface area contributed by atoms with E-state index < -0.39 is 0 Å². The summed E-state index contributed by atoms with van der Waals surface area (Å²) < 4.78 is 5.10. The third kappa shape index (κ3) is 4.79. The maximum Gasteiger partial charge on any atom is 0.319 e. The zero-order valence-electron chi connectivity index (χ0n) is 10.5. The molecular formula is C11H18N4O2S. The van der Waals surface area contributed by atoms with Crippen molar-refractivity contribution in [1.82, 2.24) is 9.97 Å². The highest BCUT2D eigenvalue weighted by Gasteiger charge is 2.17. The first-order valence-electron chi connectivity index (χ1n) is 5.76. The fourth-order valence-corrected chi connectivity index (χ4v) is 1.95. The highest BCUT2D eigenvalue weighted by atomic mass is 32.2. The topological polar surface area (TPSA) is 104 Å². The lowest BCUT2D eigenvalue weighted by molar-refractivity contribution is -0.142. The number of unbranched alkanes of at least 4 members (excludes halogenated alkanes) is 1. The second-order valence-electron chi connectivity index (χ2n) is 3.78. The lowest BCUT2D eigenvalue weighted by atomic mass is 10.4. The van der Waals surface area contributed by atoms with Gasteiger partial charge in [-0.25, -0.2) is 9.97 Å². The number of carbonyl (C=O) groups excluding carboxylic acids is 1. The quantitative estimate of drug-likeness (QED) is 0.349. The van der Waals surface area contributed by atoms with Crippen LogP contribution in [0.1, 0.15) is 26.7 Å². The molecule has 0 radical (unpaired) electrons. The van der Waals surface area contributed by atoms with Gasteiger partial charge in [-0.15, -0.1) is 0 Å². The lowest BCUT2D eigenvalue weighted by Crippen LogP contribution is -2.18. The van der Waals surface area contributed by atoms with Crippen LogP contribution in [-0.2, 0) is 9.53 Å². The smallest absolute Gasteiger partial charge is 0.319 e. The summed E-state index contributed by atoms with van der Waals surface area (Å²) in [6.07, 6.45) is 1.86. The van der Waals surface area contributed by atoms with Crippen molar-refractivity contribution in [3.05, 3.63) is 6.07 Å². The molecule has 1 aromatic heterocycles. The number of hydrogen-bond donors (Lipinski definition) is 2. The van der Waals surface area contributed by atoms with Crippen molar-refractivity contribution in [1.29, 1.82) is 0 Å². The van der Waals surface area contributed by atoms with Crippen LogP contribution < -0.4 is 11.5 Å². The van der Waals surface area contributed by atoms with Gasteiger partial charge in [-0.3, -0.25) is 4.79 Å². The molecule has 0 bridgehead atoms. The summed E-state index contributed by atoms with van der Waals surface area (Å²) in [6.45, 7) is 4.22. The third-order valence-electron chi connectivity index (χ3n) is 2.10. The van der Waals surface area contributed by atoms with Crippen molar-refractivity contribution >= 4 is 29.4 Å². The maximum absolute atomic E-state index is 11.6. The van der Waals surface area contributed by atoms with E-state index in [0.717, 1.165) is 12.8 Å². The first kappa shape index (κ1) is 14.6. The van der Waals surface area contributed by atoms with Crippen LogP contribution in [0.3, 0.4) is 0 Å². The van der Waals surface area contributed by atoms with Crippen molar-refractivity contribution in [2.24, 2.45) is 0 Å². The monoisotopic (exact) mass is 270 g/mol. The maximum atomic E-state index is 11.6. The molecule has 1 unspecified atom stereocenters. The van der Waals surface area contributed by atoms with Gasteiger partial charge in [-0.2, -0.15) is 0 Å². The van der Waals surface area contributed by atoms with Gasteiger partial charge in [0.15, 0.2) is 5.16 Å². The number of rotatable bonds is 6. The number of aromatic nitrogens is 2. The van der Waals surface area contributed by atoms with E-state index in [1.165, 1.54) is 17.8 Å². The Hall–Kier alpha value is -1.50. The minimum absolute atomic E-state index is 0.280. The summed E-state index contributed by atoms with van der Waals surface area (Å²) >= 11 is 1.18. The molecule has 100 valence electrons. The molecule has 4 N–H and O–H groups in total. The van der Waals surface area contributed by atoms with Crippen molar-refractivity contribution in [3.63, 3.8) is 0 Å². The van der Waals surface area contributed by atoms with E-state index in [1.807, 2.05) is 6.92 Å². The normalized spacial score (nSPS) is 12.1. The van der Waals surface area contributed by atoms with E-state index in [0.29, 0.717) is 11.8 Å². The molecule has 0 amide bonds. The van der Waals surface area contributed by atoms with Crippen LogP contribution in [0.15, 0.2) is 11.2 Å². The standard InChI is InChI=1S/C11H18N4O2S/c1-3-4-5-17-10(16)7(2)18-11-14-8(12)6-9(13)15-11/h6-7H,3-5H2,1-2H3,(H4,12,13,14,15). The van der Waals surface area contributed by atoms with Crippen LogP contribution in [0.25, 0.3) is 0 Å². The molecular weight excluding hydrogens is 252 g/mol. The Bertz CT molecular complexity index is 394. The van der Waals surface area contributed by atoms with Gasteiger partial charge in [0.2, 0.25) is 0 Å². The summed E-state index contributed by atoms with van der Waals surface area (Å²) in [4.78, 5) is 19.6. The van der Waals surface area contributed by atoms with Gasteiger partial charge in [0, 0.05) is 6.07 Å². The summed E-state index contributed by atoms with van der Waals surface area (Å²) in [7, 11) is 0. The largest absolute Gasteiger partial charge is 0.465 e. The van der Waals surface area contributed by atoms with Crippen LogP contribution in [0.4, 0.5) is 11.6 Å². The summed E-state index contributed by atoms with van der Waals surface area (Å²) in [5.41, 5.74) is 11.1. The van der Waals surface area contributed by atoms with Crippen molar-refractivity contribution in [3.8, 4) is 0 Å². The van der Waals surface area contributed by atoms with Gasteiger partial charge in [0.05, 0.1) is 6.61 Å². The first-order valence-corrected chi connectivity index (χ1v) is 6.64. The average Bonchev–Trinajstić information content (AvgIpc) is 2.27. The first-order chi connectivity index (χ1) is 8.52. The molecule has 1 heterocycles. The van der Waals surface area contributed by atoms with Crippen molar-refractivity contribution < 1.29 is 9.53 Å².